The molecule has 0 aliphatic carbocycles. The van der Waals surface area contributed by atoms with Crippen LogP contribution >= 0.6 is 0 Å². The molecule has 0 unspecified atom stereocenters. The normalized spacial score (nSPS) is 26.2. The molecule has 2 aliphatic heterocycles. The minimum absolute atomic E-state index is 0.105. The average Bonchev–Trinajstić information content (AvgIpc) is 2.74. The summed E-state index contributed by atoms with van der Waals surface area (Å²) in [5, 5.41) is 0. The van der Waals surface area contributed by atoms with Crippen LogP contribution in [0.5, 0.6) is 0 Å². The first-order chi connectivity index (χ1) is 7.50. The summed E-state index contributed by atoms with van der Waals surface area (Å²) in [7, 11) is 2.14. The number of amides is 2. The van der Waals surface area contributed by atoms with Crippen molar-refractivity contribution in [3.8, 4) is 0 Å². The third kappa shape index (κ3) is 2.17. The Morgan fingerprint density at radius 3 is 2.19 bits per heavy atom. The molecule has 2 fully saturated rings. The van der Waals surface area contributed by atoms with Crippen LogP contribution in [0.25, 0.3) is 0 Å². The highest BCUT2D eigenvalue weighted by Crippen LogP contribution is 2.21. The van der Waals surface area contributed by atoms with Gasteiger partial charge in [0.1, 0.15) is 0 Å². The van der Waals surface area contributed by atoms with Crippen LogP contribution in [0.4, 0.5) is 4.79 Å². The summed E-state index contributed by atoms with van der Waals surface area (Å²) in [4.78, 5) is 18.6. The Balaban J connectivity index is 1.97. The van der Waals surface area contributed by atoms with Crippen LogP contribution in [-0.2, 0) is 0 Å². The minimum atomic E-state index is 0.105. The number of nitrogens with zero attached hydrogens (tertiary/aromatic N) is 3. The van der Waals surface area contributed by atoms with Crippen LogP contribution in [-0.4, -0.2) is 66.0 Å². The van der Waals surface area contributed by atoms with E-state index in [9.17, 15) is 4.79 Å². The molecular weight excluding hydrogens is 202 g/mol. The summed E-state index contributed by atoms with van der Waals surface area (Å²) >= 11 is 0. The molecule has 0 radical (unpaired) electrons. The van der Waals surface area contributed by atoms with Crippen molar-refractivity contribution >= 4 is 6.03 Å². The summed E-state index contributed by atoms with van der Waals surface area (Å²) in [5.41, 5.74) is 0.105. The summed E-state index contributed by atoms with van der Waals surface area (Å²) < 4.78 is 0. The molecule has 16 heavy (non-hydrogen) atoms. The van der Waals surface area contributed by atoms with Gasteiger partial charge < -0.3 is 9.80 Å². The Kier molecular flexibility index (Phi) is 3.10. The van der Waals surface area contributed by atoms with Gasteiger partial charge in [-0.3, -0.25) is 4.90 Å². The molecule has 0 aromatic rings. The maximum atomic E-state index is 12.2. The number of urea groups is 1. The molecule has 0 aromatic carbocycles. The quantitative estimate of drug-likeness (QED) is 0.620. The van der Waals surface area contributed by atoms with E-state index in [1.165, 1.54) is 12.8 Å². The van der Waals surface area contributed by atoms with Crippen LogP contribution in [0.3, 0.4) is 0 Å². The molecular formula is C12H23N3O. The maximum absolute atomic E-state index is 12.2. The van der Waals surface area contributed by atoms with Gasteiger partial charge in [-0.15, -0.1) is 0 Å². The molecule has 2 aliphatic rings. The van der Waals surface area contributed by atoms with E-state index in [0.29, 0.717) is 0 Å². The lowest BCUT2D eigenvalue weighted by molar-refractivity contribution is 0.0479. The fourth-order valence-electron chi connectivity index (χ4n) is 2.51. The first-order valence-corrected chi connectivity index (χ1v) is 6.26. The third-order valence-corrected chi connectivity index (χ3v) is 3.96. The number of hydrogen-bond donors (Lipinski definition) is 0. The van der Waals surface area contributed by atoms with E-state index >= 15 is 0 Å². The van der Waals surface area contributed by atoms with Gasteiger partial charge in [-0.2, -0.15) is 0 Å². The van der Waals surface area contributed by atoms with E-state index in [4.69, 9.17) is 0 Å². The minimum Gasteiger partial charge on any atom is -0.325 e. The number of likely N-dealkylation sites (N-methyl/N-ethyl adjacent to an activating group) is 1. The molecule has 0 spiro atoms. The zero-order chi connectivity index (χ0) is 11.8. The summed E-state index contributed by atoms with van der Waals surface area (Å²) in [6, 6.07) is 0.249. The lowest BCUT2D eigenvalue weighted by atomic mass is 10.00. The van der Waals surface area contributed by atoms with E-state index < -0.39 is 0 Å². The van der Waals surface area contributed by atoms with Gasteiger partial charge in [-0.1, -0.05) is 0 Å². The van der Waals surface area contributed by atoms with Crippen molar-refractivity contribution in [3.63, 3.8) is 0 Å². The second-order valence-electron chi connectivity index (χ2n) is 5.63. The van der Waals surface area contributed by atoms with Crippen LogP contribution in [0.15, 0.2) is 0 Å². The van der Waals surface area contributed by atoms with Gasteiger partial charge in [-0.25, -0.2) is 4.79 Å². The summed E-state index contributed by atoms with van der Waals surface area (Å²) in [5.74, 6) is 0. The van der Waals surface area contributed by atoms with Gasteiger partial charge in [0.15, 0.2) is 0 Å². The van der Waals surface area contributed by atoms with Gasteiger partial charge >= 0.3 is 6.03 Å². The maximum Gasteiger partial charge on any atom is 0.320 e. The first-order valence-electron chi connectivity index (χ1n) is 6.26. The Bertz CT molecular complexity index is 271. The van der Waals surface area contributed by atoms with E-state index in [0.717, 1.165) is 32.7 Å². The second kappa shape index (κ2) is 4.24. The number of carbonyl (C=O) groups is 1. The molecule has 2 heterocycles. The third-order valence-electron chi connectivity index (χ3n) is 3.96. The summed E-state index contributed by atoms with van der Waals surface area (Å²) in [6.45, 7) is 9.00. The fourth-order valence-corrected chi connectivity index (χ4v) is 2.51. The van der Waals surface area contributed by atoms with E-state index in [1.807, 2.05) is 9.80 Å². The highest BCUT2D eigenvalue weighted by molar-refractivity contribution is 5.75. The van der Waals surface area contributed by atoms with Crippen molar-refractivity contribution in [1.29, 1.82) is 0 Å². The molecule has 0 bridgehead atoms. The second-order valence-corrected chi connectivity index (χ2v) is 5.63. The van der Waals surface area contributed by atoms with Gasteiger partial charge in [0.05, 0.1) is 0 Å². The fraction of sp³-hybridized carbons (Fsp3) is 0.917. The van der Waals surface area contributed by atoms with Crippen LogP contribution in [0, 0.1) is 0 Å². The van der Waals surface area contributed by atoms with Gasteiger partial charge in [0, 0.05) is 38.3 Å². The van der Waals surface area contributed by atoms with Crippen molar-refractivity contribution in [2.24, 2.45) is 0 Å². The van der Waals surface area contributed by atoms with E-state index in [2.05, 4.69) is 25.8 Å². The molecule has 0 aromatic heterocycles. The zero-order valence-electron chi connectivity index (χ0n) is 10.7. The topological polar surface area (TPSA) is 26.8 Å². The molecule has 4 nitrogen and oxygen atoms in total. The zero-order valence-corrected chi connectivity index (χ0v) is 10.7. The Morgan fingerprint density at radius 2 is 1.62 bits per heavy atom. The van der Waals surface area contributed by atoms with Crippen LogP contribution in [0.2, 0.25) is 0 Å². The number of rotatable bonds is 0. The number of hydrogen-bond acceptors (Lipinski definition) is 2. The highest BCUT2D eigenvalue weighted by atomic mass is 16.2. The predicted octanol–water partition coefficient (Wildman–Crippen LogP) is 1.23. The number of piperazine rings is 1. The number of carbonyl (C=O) groups excluding carboxylic acids is 1. The van der Waals surface area contributed by atoms with Crippen LogP contribution < -0.4 is 0 Å². The molecule has 2 amide bonds. The van der Waals surface area contributed by atoms with Crippen molar-refractivity contribution in [2.45, 2.75) is 32.2 Å². The largest absolute Gasteiger partial charge is 0.325 e. The lowest BCUT2D eigenvalue weighted by Crippen LogP contribution is -2.60. The van der Waals surface area contributed by atoms with Gasteiger partial charge in [0.25, 0.3) is 0 Å². The molecule has 2 saturated heterocycles. The molecule has 92 valence electrons. The monoisotopic (exact) mass is 225 g/mol. The number of likely N-dealkylation sites (tertiary alicyclic amines) is 1. The van der Waals surface area contributed by atoms with Crippen molar-refractivity contribution in [3.05, 3.63) is 0 Å². The van der Waals surface area contributed by atoms with Crippen molar-refractivity contribution < 1.29 is 4.79 Å². The van der Waals surface area contributed by atoms with Crippen LogP contribution in [0.1, 0.15) is 26.7 Å². The SMILES string of the molecule is CN1CCN(C(=O)N2CCCC2)CC1(C)C. The molecule has 0 saturated carbocycles. The highest BCUT2D eigenvalue weighted by Gasteiger charge is 2.35. The Hall–Kier alpha value is -0.770. The average molecular weight is 225 g/mol. The Morgan fingerprint density at radius 1 is 1.00 bits per heavy atom. The molecule has 4 heteroatoms. The summed E-state index contributed by atoms with van der Waals surface area (Å²) in [6.07, 6.45) is 2.34. The predicted molar refractivity (Wildman–Crippen MR) is 64.5 cm³/mol. The smallest absolute Gasteiger partial charge is 0.320 e. The standard InChI is InChI=1S/C12H23N3O/c1-12(2)10-15(9-8-13(12)3)11(16)14-6-4-5-7-14/h4-10H2,1-3H3. The van der Waals surface area contributed by atoms with Gasteiger partial charge in [-0.05, 0) is 33.7 Å². The van der Waals surface area contributed by atoms with Gasteiger partial charge in [0.2, 0.25) is 0 Å². The first kappa shape index (κ1) is 11.7. The lowest BCUT2D eigenvalue weighted by Gasteiger charge is -2.46. The van der Waals surface area contributed by atoms with Crippen molar-refractivity contribution in [1.82, 2.24) is 14.7 Å². The van der Waals surface area contributed by atoms with E-state index in [1.54, 1.807) is 0 Å². The van der Waals surface area contributed by atoms with Crippen molar-refractivity contribution in [2.75, 3.05) is 39.8 Å². The molecule has 0 atom stereocenters. The molecule has 0 N–H and O–H groups in total. The van der Waals surface area contributed by atoms with E-state index in [-0.39, 0.29) is 11.6 Å². The molecule has 2 rings (SSSR count). The Labute approximate surface area is 98.2 Å².